The van der Waals surface area contributed by atoms with E-state index in [9.17, 15) is 5.11 Å². The molecule has 0 aromatic heterocycles. The fraction of sp³-hybridized carbons (Fsp3) is 0.625. The molecule has 2 heteroatoms. The summed E-state index contributed by atoms with van der Waals surface area (Å²) in [5.41, 5.74) is 1.02. The fourth-order valence-electron chi connectivity index (χ4n) is 2.87. The van der Waals surface area contributed by atoms with E-state index in [-0.39, 0.29) is 6.04 Å². The van der Waals surface area contributed by atoms with Crippen molar-refractivity contribution in [2.24, 2.45) is 5.92 Å². The topological polar surface area (TPSA) is 32.3 Å². The lowest BCUT2D eigenvalue weighted by Gasteiger charge is -2.30. The molecule has 2 rings (SSSR count). The number of aliphatic hydroxyl groups excluding tert-OH is 1. The van der Waals surface area contributed by atoms with Crippen molar-refractivity contribution in [1.29, 1.82) is 0 Å². The van der Waals surface area contributed by atoms with Crippen molar-refractivity contribution in [2.45, 2.75) is 57.7 Å². The molecule has 1 aliphatic rings. The first-order valence-electron chi connectivity index (χ1n) is 7.17. The van der Waals surface area contributed by atoms with Crippen LogP contribution in [0.1, 0.15) is 51.2 Å². The first kappa shape index (κ1) is 13.6. The van der Waals surface area contributed by atoms with Crippen LogP contribution in [0.15, 0.2) is 30.3 Å². The zero-order valence-corrected chi connectivity index (χ0v) is 11.5. The highest BCUT2D eigenvalue weighted by Crippen LogP contribution is 2.25. The van der Waals surface area contributed by atoms with E-state index in [1.165, 1.54) is 25.7 Å². The summed E-state index contributed by atoms with van der Waals surface area (Å²) < 4.78 is 0. The molecular weight excluding hydrogens is 222 g/mol. The van der Waals surface area contributed by atoms with Gasteiger partial charge in [0.25, 0.3) is 0 Å². The lowest BCUT2D eigenvalue weighted by Crippen LogP contribution is -2.44. The van der Waals surface area contributed by atoms with Gasteiger partial charge in [-0.25, -0.2) is 0 Å². The van der Waals surface area contributed by atoms with Crippen molar-refractivity contribution in [1.82, 2.24) is 5.32 Å². The van der Waals surface area contributed by atoms with Crippen molar-refractivity contribution >= 4 is 0 Å². The summed E-state index contributed by atoms with van der Waals surface area (Å²) in [5.74, 6) is 0.431. The second kappa shape index (κ2) is 6.35. The van der Waals surface area contributed by atoms with Crippen molar-refractivity contribution in [3.8, 4) is 0 Å². The molecule has 1 aromatic carbocycles. The molecule has 0 aliphatic heterocycles. The lowest BCUT2D eigenvalue weighted by molar-refractivity contribution is 0.0980. The van der Waals surface area contributed by atoms with Crippen LogP contribution in [0.5, 0.6) is 0 Å². The zero-order valence-electron chi connectivity index (χ0n) is 11.5. The number of rotatable bonds is 5. The van der Waals surface area contributed by atoms with Gasteiger partial charge in [-0.15, -0.1) is 0 Å². The van der Waals surface area contributed by atoms with Crippen LogP contribution in [0.25, 0.3) is 0 Å². The van der Waals surface area contributed by atoms with Gasteiger partial charge >= 0.3 is 0 Å². The molecule has 1 aliphatic carbocycles. The van der Waals surface area contributed by atoms with Crippen LogP contribution in [0.2, 0.25) is 0 Å². The Bertz CT molecular complexity index is 343. The summed E-state index contributed by atoms with van der Waals surface area (Å²) in [6, 6.07) is 10.7. The molecule has 0 amide bonds. The third kappa shape index (κ3) is 3.33. The molecule has 0 bridgehead atoms. The molecule has 2 atom stereocenters. The third-order valence-electron chi connectivity index (χ3n) is 3.98. The van der Waals surface area contributed by atoms with Gasteiger partial charge in [0, 0.05) is 12.1 Å². The fourth-order valence-corrected chi connectivity index (χ4v) is 2.87. The largest absolute Gasteiger partial charge is 0.387 e. The van der Waals surface area contributed by atoms with Gasteiger partial charge in [0.15, 0.2) is 0 Å². The van der Waals surface area contributed by atoms with Crippen LogP contribution in [0.3, 0.4) is 0 Å². The first-order valence-corrected chi connectivity index (χ1v) is 7.17. The van der Waals surface area contributed by atoms with Crippen LogP contribution in [0, 0.1) is 5.92 Å². The number of hydrogen-bond acceptors (Lipinski definition) is 2. The number of hydrogen-bond donors (Lipinski definition) is 2. The van der Waals surface area contributed by atoms with Gasteiger partial charge in [-0.05, 0) is 24.3 Å². The molecule has 0 heterocycles. The van der Waals surface area contributed by atoms with E-state index in [0.717, 1.165) is 5.56 Å². The highest BCUT2D eigenvalue weighted by atomic mass is 16.3. The molecule has 2 nitrogen and oxygen atoms in total. The monoisotopic (exact) mass is 247 g/mol. The second-order valence-corrected chi connectivity index (χ2v) is 5.77. The van der Waals surface area contributed by atoms with E-state index in [4.69, 9.17) is 0 Å². The average molecular weight is 247 g/mol. The van der Waals surface area contributed by atoms with Crippen molar-refractivity contribution in [3.05, 3.63) is 35.9 Å². The minimum Gasteiger partial charge on any atom is -0.387 e. The van der Waals surface area contributed by atoms with E-state index < -0.39 is 6.10 Å². The SMILES string of the molecule is CC(C)C(NC1CCCC1)C(O)c1ccccc1. The highest BCUT2D eigenvalue weighted by Gasteiger charge is 2.27. The number of benzene rings is 1. The molecule has 0 saturated heterocycles. The molecule has 2 N–H and O–H groups in total. The predicted octanol–water partition coefficient (Wildman–Crippen LogP) is 3.28. The normalized spacial score (nSPS) is 20.2. The minimum absolute atomic E-state index is 0.149. The number of aliphatic hydroxyl groups is 1. The molecule has 1 fully saturated rings. The van der Waals surface area contributed by atoms with Gasteiger partial charge in [0.1, 0.15) is 0 Å². The van der Waals surface area contributed by atoms with Crippen LogP contribution in [-0.4, -0.2) is 17.2 Å². The highest BCUT2D eigenvalue weighted by molar-refractivity contribution is 5.19. The van der Waals surface area contributed by atoms with Crippen molar-refractivity contribution in [2.75, 3.05) is 0 Å². The predicted molar refractivity (Wildman–Crippen MR) is 75.4 cm³/mol. The summed E-state index contributed by atoms with van der Waals surface area (Å²) in [7, 11) is 0. The van der Waals surface area contributed by atoms with Crippen LogP contribution in [-0.2, 0) is 0 Å². The summed E-state index contributed by atoms with van der Waals surface area (Å²) in [4.78, 5) is 0. The van der Waals surface area contributed by atoms with E-state index >= 15 is 0 Å². The summed E-state index contributed by atoms with van der Waals surface area (Å²) in [6.45, 7) is 4.36. The van der Waals surface area contributed by atoms with E-state index in [1.807, 2.05) is 30.3 Å². The standard InChI is InChI=1S/C16H25NO/c1-12(2)15(17-14-10-6-7-11-14)16(18)13-8-4-3-5-9-13/h3-5,8-9,12,14-18H,6-7,10-11H2,1-2H3. The number of nitrogens with one attached hydrogen (secondary N) is 1. The quantitative estimate of drug-likeness (QED) is 0.837. The average Bonchev–Trinajstić information content (AvgIpc) is 2.89. The molecule has 0 spiro atoms. The van der Waals surface area contributed by atoms with Crippen LogP contribution >= 0.6 is 0 Å². The maximum absolute atomic E-state index is 10.5. The Morgan fingerprint density at radius 1 is 1.11 bits per heavy atom. The summed E-state index contributed by atoms with van der Waals surface area (Å²) in [6.07, 6.45) is 4.75. The molecule has 0 radical (unpaired) electrons. The van der Waals surface area contributed by atoms with Gasteiger partial charge in [-0.3, -0.25) is 0 Å². The molecular formula is C16H25NO. The molecule has 100 valence electrons. The Balaban J connectivity index is 2.04. The van der Waals surface area contributed by atoms with Crippen LogP contribution < -0.4 is 5.32 Å². The first-order chi connectivity index (χ1) is 8.68. The Labute approximate surface area is 110 Å². The zero-order chi connectivity index (χ0) is 13.0. The van der Waals surface area contributed by atoms with Gasteiger partial charge in [-0.1, -0.05) is 57.0 Å². The Kier molecular flexibility index (Phi) is 4.79. The minimum atomic E-state index is -0.410. The third-order valence-corrected chi connectivity index (χ3v) is 3.98. The summed E-state index contributed by atoms with van der Waals surface area (Å²) in [5, 5.41) is 14.2. The lowest BCUT2D eigenvalue weighted by atomic mass is 9.92. The second-order valence-electron chi connectivity index (χ2n) is 5.77. The molecule has 1 saturated carbocycles. The van der Waals surface area contributed by atoms with E-state index in [2.05, 4.69) is 19.2 Å². The van der Waals surface area contributed by atoms with Gasteiger partial charge < -0.3 is 10.4 Å². The van der Waals surface area contributed by atoms with E-state index in [0.29, 0.717) is 12.0 Å². The smallest absolute Gasteiger partial charge is 0.0945 e. The van der Waals surface area contributed by atoms with Gasteiger partial charge in [-0.2, -0.15) is 0 Å². The van der Waals surface area contributed by atoms with E-state index in [1.54, 1.807) is 0 Å². The van der Waals surface area contributed by atoms with Crippen molar-refractivity contribution in [3.63, 3.8) is 0 Å². The van der Waals surface area contributed by atoms with Crippen molar-refractivity contribution < 1.29 is 5.11 Å². The molecule has 2 unspecified atom stereocenters. The van der Waals surface area contributed by atoms with Crippen LogP contribution in [0.4, 0.5) is 0 Å². The Morgan fingerprint density at radius 3 is 2.28 bits per heavy atom. The van der Waals surface area contributed by atoms with Gasteiger partial charge in [0.2, 0.25) is 0 Å². The molecule has 18 heavy (non-hydrogen) atoms. The summed E-state index contributed by atoms with van der Waals surface area (Å²) >= 11 is 0. The maximum atomic E-state index is 10.5. The molecule has 1 aromatic rings. The Morgan fingerprint density at radius 2 is 1.72 bits per heavy atom. The van der Waals surface area contributed by atoms with Gasteiger partial charge in [0.05, 0.1) is 6.10 Å². The Hall–Kier alpha value is -0.860. The maximum Gasteiger partial charge on any atom is 0.0945 e.